The molecule has 5 aromatic rings. The van der Waals surface area contributed by atoms with Crippen LogP contribution in [0.25, 0.3) is 22.3 Å². The van der Waals surface area contributed by atoms with Crippen molar-refractivity contribution in [3.8, 4) is 23.2 Å². The van der Waals surface area contributed by atoms with Crippen molar-refractivity contribution < 1.29 is 28.2 Å². The van der Waals surface area contributed by atoms with Crippen LogP contribution in [-0.2, 0) is 24.3 Å². The number of carbonyl (C=O) groups is 1. The fourth-order valence-electron chi connectivity index (χ4n) is 5.33. The van der Waals surface area contributed by atoms with Gasteiger partial charge in [-0.15, -0.1) is 0 Å². The number of aromatic nitrogens is 3. The number of imidazole rings is 1. The molecule has 3 N–H and O–H groups in total. The lowest BCUT2D eigenvalue weighted by Crippen LogP contribution is -2.31. The minimum Gasteiger partial charge on any atom is -0.478 e. The number of aryl methyl sites for hydroxylation is 1. The van der Waals surface area contributed by atoms with E-state index in [1.165, 1.54) is 37.1 Å². The molecule has 11 heteroatoms. The lowest BCUT2D eigenvalue weighted by Gasteiger charge is -2.27. The number of benzene rings is 3. The Hall–Kier alpha value is -5.18. The predicted molar refractivity (Wildman–Crippen MR) is 178 cm³/mol. The predicted octanol–water partition coefficient (Wildman–Crippen LogP) is 6.96. The Balaban J connectivity index is 0.000000840. The third-order valence-corrected chi connectivity index (χ3v) is 8.11. The van der Waals surface area contributed by atoms with Crippen LogP contribution >= 0.6 is 0 Å². The second-order valence-electron chi connectivity index (χ2n) is 11.6. The Kier molecular flexibility index (Phi) is 11.1. The van der Waals surface area contributed by atoms with Gasteiger partial charge in [0.15, 0.2) is 0 Å². The van der Waals surface area contributed by atoms with E-state index in [0.717, 1.165) is 24.6 Å². The Morgan fingerprint density at radius 2 is 1.90 bits per heavy atom. The molecule has 2 aromatic heterocycles. The van der Waals surface area contributed by atoms with E-state index < -0.39 is 17.6 Å². The number of nitriles is 1. The Bertz CT molecular complexity index is 1960. The summed E-state index contributed by atoms with van der Waals surface area (Å²) in [4.78, 5) is 20.8. The highest BCUT2D eigenvalue weighted by molar-refractivity contribution is 5.92. The van der Waals surface area contributed by atoms with Crippen molar-refractivity contribution in [1.82, 2.24) is 14.5 Å². The number of fused-ring (bicyclic) bond motifs is 1. The van der Waals surface area contributed by atoms with Gasteiger partial charge in [-0.3, -0.25) is 0 Å². The summed E-state index contributed by atoms with van der Waals surface area (Å²) >= 11 is 0. The van der Waals surface area contributed by atoms with Gasteiger partial charge in [-0.1, -0.05) is 31.5 Å². The molecule has 0 spiro atoms. The largest absolute Gasteiger partial charge is 0.478 e. The summed E-state index contributed by atoms with van der Waals surface area (Å²) in [6.45, 7) is 5.93. The highest BCUT2D eigenvalue weighted by Crippen LogP contribution is 2.29. The molecular formula is C37H37F2N5O4. The van der Waals surface area contributed by atoms with Crippen molar-refractivity contribution in [1.29, 1.82) is 5.26 Å². The minimum absolute atomic E-state index is 0.00688. The van der Waals surface area contributed by atoms with Gasteiger partial charge in [0, 0.05) is 30.2 Å². The van der Waals surface area contributed by atoms with Gasteiger partial charge in [-0.05, 0) is 79.9 Å². The normalized spacial score (nSPS) is 13.7. The first-order chi connectivity index (χ1) is 23.2. The van der Waals surface area contributed by atoms with Crippen molar-refractivity contribution in [2.24, 2.45) is 5.73 Å². The number of carboxylic acid groups (broad SMARTS) is 1. The van der Waals surface area contributed by atoms with Gasteiger partial charge in [0.25, 0.3) is 0 Å². The van der Waals surface area contributed by atoms with Gasteiger partial charge in [-0.25, -0.2) is 23.5 Å². The number of halogens is 2. The van der Waals surface area contributed by atoms with Gasteiger partial charge < -0.3 is 24.9 Å². The van der Waals surface area contributed by atoms with E-state index in [-0.39, 0.29) is 41.7 Å². The lowest BCUT2D eigenvalue weighted by atomic mass is 9.99. The molecule has 1 atom stereocenters. The molecule has 0 aliphatic carbocycles. The summed E-state index contributed by atoms with van der Waals surface area (Å²) < 4.78 is 43.1. The third kappa shape index (κ3) is 8.02. The molecule has 1 aliphatic heterocycles. The van der Waals surface area contributed by atoms with Crippen LogP contribution in [0, 0.1) is 29.9 Å². The molecule has 0 unspecified atom stereocenters. The van der Waals surface area contributed by atoms with Gasteiger partial charge >= 0.3 is 5.97 Å². The van der Waals surface area contributed by atoms with Crippen LogP contribution in [0.2, 0.25) is 0 Å². The quantitative estimate of drug-likeness (QED) is 0.156. The molecular weight excluding hydrogens is 616 g/mol. The Morgan fingerprint density at radius 3 is 2.54 bits per heavy atom. The molecule has 248 valence electrons. The third-order valence-electron chi connectivity index (χ3n) is 8.11. The number of ether oxygens (including phenoxy) is 2. The lowest BCUT2D eigenvalue weighted by molar-refractivity contribution is -0.0589. The number of hydrogen-bond donors (Lipinski definition) is 2. The molecule has 3 heterocycles. The van der Waals surface area contributed by atoms with Crippen molar-refractivity contribution >= 4 is 17.0 Å². The van der Waals surface area contributed by atoms with Gasteiger partial charge in [0.05, 0.1) is 46.6 Å². The summed E-state index contributed by atoms with van der Waals surface area (Å²) in [6.07, 6.45) is 3.46. The molecule has 3 aromatic carbocycles. The van der Waals surface area contributed by atoms with Crippen LogP contribution in [-0.4, -0.2) is 44.9 Å². The van der Waals surface area contributed by atoms with Crippen LogP contribution in [0.1, 0.15) is 64.6 Å². The van der Waals surface area contributed by atoms with Gasteiger partial charge in [0.1, 0.15) is 24.1 Å². The summed E-state index contributed by atoms with van der Waals surface area (Å²) in [5.74, 6) is -1.14. The second-order valence-corrected chi connectivity index (χ2v) is 11.6. The van der Waals surface area contributed by atoms with E-state index >= 15 is 4.39 Å². The van der Waals surface area contributed by atoms with E-state index in [0.29, 0.717) is 46.8 Å². The van der Waals surface area contributed by atoms with Crippen molar-refractivity contribution in [3.05, 3.63) is 112 Å². The van der Waals surface area contributed by atoms with E-state index in [9.17, 15) is 14.3 Å². The minimum atomic E-state index is -1.03. The zero-order valence-electron chi connectivity index (χ0n) is 26.9. The van der Waals surface area contributed by atoms with Crippen molar-refractivity contribution in [2.45, 2.75) is 58.8 Å². The summed E-state index contributed by atoms with van der Waals surface area (Å²) in [6, 6.07) is 19.1. The second kappa shape index (κ2) is 15.6. The maximum atomic E-state index is 15.6. The highest BCUT2D eigenvalue weighted by atomic mass is 19.1. The number of hydrogen-bond acceptors (Lipinski definition) is 7. The van der Waals surface area contributed by atoms with Gasteiger partial charge in [-0.2, -0.15) is 5.26 Å². The Labute approximate surface area is 277 Å². The summed E-state index contributed by atoms with van der Waals surface area (Å²) in [7, 11) is 0. The number of nitrogens with two attached hydrogens (primary N) is 1. The standard InChI is InChI=1S/C33H26F2N4O4.C4H11N/c1-19-11-23(14-31-37-29-8-7-21(33(40)41)13-30(29)39(31)17-24-9-10-42-24)27(35)15-25(19)28-3-2-4-32(38-28)43-18-22-6-5-20(16-36)12-26(22)34;1-2-3-4-5/h2-8,11-13,15,24H,9-10,14,17-18H2,1H3,(H,40,41);2-5H2,1H3/t24-;/m0./s1. The summed E-state index contributed by atoms with van der Waals surface area (Å²) in [5.41, 5.74) is 9.41. The molecule has 1 aliphatic rings. The van der Waals surface area contributed by atoms with Crippen molar-refractivity contribution in [2.75, 3.05) is 13.2 Å². The smallest absolute Gasteiger partial charge is 0.335 e. The monoisotopic (exact) mass is 653 g/mol. The van der Waals surface area contributed by atoms with Crippen LogP contribution in [0.15, 0.2) is 66.7 Å². The first-order valence-electron chi connectivity index (χ1n) is 15.8. The molecule has 6 rings (SSSR count). The van der Waals surface area contributed by atoms with Crippen molar-refractivity contribution in [3.63, 3.8) is 0 Å². The molecule has 0 saturated carbocycles. The average Bonchev–Trinajstić information content (AvgIpc) is 3.40. The van der Waals surface area contributed by atoms with E-state index in [1.807, 2.05) is 17.6 Å². The highest BCUT2D eigenvalue weighted by Gasteiger charge is 2.23. The number of nitrogens with zero attached hydrogens (tertiary/aromatic N) is 4. The molecule has 0 radical (unpaired) electrons. The molecule has 1 fully saturated rings. The van der Waals surface area contributed by atoms with Gasteiger partial charge in [0.2, 0.25) is 5.88 Å². The van der Waals surface area contributed by atoms with E-state index in [2.05, 4.69) is 11.9 Å². The fourth-order valence-corrected chi connectivity index (χ4v) is 5.33. The summed E-state index contributed by atoms with van der Waals surface area (Å²) in [5, 5.41) is 18.4. The number of pyridine rings is 1. The molecule has 9 nitrogen and oxygen atoms in total. The van der Waals surface area contributed by atoms with E-state index in [1.54, 1.807) is 36.4 Å². The number of aromatic carboxylic acids is 1. The number of rotatable bonds is 11. The van der Waals surface area contributed by atoms with Crippen LogP contribution in [0.5, 0.6) is 5.88 Å². The molecule has 0 amide bonds. The topological polar surface area (TPSA) is 136 Å². The SMILES string of the molecule is CCCCN.Cc1cc(Cc2nc3ccc(C(=O)O)cc3n2C[C@@H]2CCO2)c(F)cc1-c1cccc(OCc2ccc(C#N)cc2F)n1. The first kappa shape index (κ1) is 34.2. The molecule has 1 saturated heterocycles. The maximum Gasteiger partial charge on any atom is 0.335 e. The Morgan fingerprint density at radius 1 is 1.10 bits per heavy atom. The van der Waals surface area contributed by atoms with E-state index in [4.69, 9.17) is 25.5 Å². The zero-order chi connectivity index (χ0) is 34.2. The van der Waals surface area contributed by atoms with Crippen LogP contribution < -0.4 is 10.5 Å². The van der Waals surface area contributed by atoms with Crippen LogP contribution in [0.4, 0.5) is 8.78 Å². The number of unbranched alkanes of at least 4 members (excludes halogenated alkanes) is 1. The fraction of sp³-hybridized carbons (Fsp3) is 0.297. The molecule has 0 bridgehead atoms. The molecule has 48 heavy (non-hydrogen) atoms. The zero-order valence-corrected chi connectivity index (χ0v) is 26.9. The average molecular weight is 654 g/mol. The van der Waals surface area contributed by atoms with Crippen LogP contribution in [0.3, 0.4) is 0 Å². The number of carboxylic acids is 1. The maximum absolute atomic E-state index is 15.6. The first-order valence-corrected chi connectivity index (χ1v) is 15.8.